The number of unbranched alkanes of at least 4 members (excludes halogenated alkanes) is 1. The fourth-order valence-corrected chi connectivity index (χ4v) is 5.01. The number of ether oxygens (including phenoxy) is 3. The summed E-state index contributed by atoms with van der Waals surface area (Å²) >= 11 is 0. The number of aromatic nitrogens is 2. The van der Waals surface area contributed by atoms with Crippen molar-refractivity contribution >= 4 is 17.9 Å². The van der Waals surface area contributed by atoms with E-state index in [0.717, 1.165) is 50.8 Å². The lowest BCUT2D eigenvalue weighted by Crippen LogP contribution is -2.51. The zero-order valence-electron chi connectivity index (χ0n) is 24.1. The molecule has 0 bridgehead atoms. The van der Waals surface area contributed by atoms with Crippen molar-refractivity contribution in [3.63, 3.8) is 0 Å². The van der Waals surface area contributed by atoms with Gasteiger partial charge in [0.1, 0.15) is 6.61 Å². The molecule has 2 heterocycles. The Morgan fingerprint density at radius 3 is 2.56 bits per heavy atom. The molecule has 3 N–H and O–H groups in total. The number of hydrogen-bond acceptors (Lipinski definition) is 9. The molecule has 2 amide bonds. The molecule has 0 radical (unpaired) electrons. The predicted molar refractivity (Wildman–Crippen MR) is 154 cm³/mol. The molecule has 1 saturated heterocycles. The number of benzene rings is 1. The van der Waals surface area contributed by atoms with Crippen molar-refractivity contribution in [3.8, 4) is 5.88 Å². The van der Waals surface area contributed by atoms with Crippen LogP contribution in [0.15, 0.2) is 42.6 Å². The Morgan fingerprint density at radius 2 is 1.88 bits per heavy atom. The largest absolute Gasteiger partial charge is 0.477 e. The summed E-state index contributed by atoms with van der Waals surface area (Å²) in [5.74, 6) is 0.562. The van der Waals surface area contributed by atoms with Gasteiger partial charge in [-0.1, -0.05) is 56.5 Å². The average Bonchev–Trinajstić information content (AvgIpc) is 2.99. The van der Waals surface area contributed by atoms with Crippen molar-refractivity contribution in [2.45, 2.75) is 70.6 Å². The Morgan fingerprint density at radius 1 is 1.12 bits per heavy atom. The molecule has 4 rings (SSSR count). The minimum absolute atomic E-state index is 0.175. The number of carbonyl (C=O) groups is 2. The summed E-state index contributed by atoms with van der Waals surface area (Å²) in [6.45, 7) is 7.16. The van der Waals surface area contributed by atoms with Gasteiger partial charge in [0.25, 0.3) is 5.91 Å². The van der Waals surface area contributed by atoms with Gasteiger partial charge >= 0.3 is 6.09 Å². The molecule has 224 valence electrons. The van der Waals surface area contributed by atoms with Gasteiger partial charge in [0.15, 0.2) is 6.10 Å². The summed E-state index contributed by atoms with van der Waals surface area (Å²) in [7, 11) is 0. The van der Waals surface area contributed by atoms with Gasteiger partial charge in [0.2, 0.25) is 11.8 Å². The molecule has 3 atom stereocenters. The molecule has 1 unspecified atom stereocenters. The second-order valence-electron chi connectivity index (χ2n) is 11.0. The van der Waals surface area contributed by atoms with Crippen molar-refractivity contribution in [1.82, 2.24) is 20.6 Å². The van der Waals surface area contributed by atoms with E-state index >= 15 is 0 Å². The quantitative estimate of drug-likeness (QED) is 0.313. The van der Waals surface area contributed by atoms with E-state index < -0.39 is 24.1 Å². The van der Waals surface area contributed by atoms with Crippen LogP contribution in [-0.2, 0) is 14.3 Å². The summed E-state index contributed by atoms with van der Waals surface area (Å²) in [6.07, 6.45) is 4.43. The number of aliphatic hydroxyl groups is 1. The summed E-state index contributed by atoms with van der Waals surface area (Å²) in [5.41, 5.74) is 0.624. The lowest BCUT2D eigenvalue weighted by molar-refractivity contribution is -0.131. The van der Waals surface area contributed by atoms with Crippen molar-refractivity contribution < 1.29 is 28.9 Å². The predicted octanol–water partition coefficient (Wildman–Crippen LogP) is 3.39. The monoisotopic (exact) mass is 569 g/mol. The maximum Gasteiger partial charge on any atom is 0.407 e. The molecule has 1 aliphatic carbocycles. The van der Waals surface area contributed by atoms with Crippen molar-refractivity contribution in [1.29, 1.82) is 0 Å². The lowest BCUT2D eigenvalue weighted by atomic mass is 9.70. The van der Waals surface area contributed by atoms with E-state index in [4.69, 9.17) is 14.2 Å². The maximum absolute atomic E-state index is 12.8. The third-order valence-electron chi connectivity index (χ3n) is 7.84. The summed E-state index contributed by atoms with van der Waals surface area (Å²) < 4.78 is 17.1. The molecule has 11 nitrogen and oxygen atoms in total. The number of hydrogen-bond donors (Lipinski definition) is 3. The Kier molecular flexibility index (Phi) is 11.1. The number of anilines is 1. The second kappa shape index (κ2) is 15.0. The van der Waals surface area contributed by atoms with Gasteiger partial charge in [0.05, 0.1) is 31.9 Å². The number of amides is 2. The molecule has 2 aliphatic rings. The first-order valence-electron chi connectivity index (χ1n) is 14.6. The van der Waals surface area contributed by atoms with E-state index in [1.54, 1.807) is 12.3 Å². The van der Waals surface area contributed by atoms with Crippen LogP contribution in [-0.4, -0.2) is 78.7 Å². The molecule has 1 saturated carbocycles. The Hall–Kier alpha value is -3.44. The van der Waals surface area contributed by atoms with Crippen LogP contribution < -0.4 is 20.3 Å². The van der Waals surface area contributed by atoms with E-state index in [9.17, 15) is 14.7 Å². The van der Waals surface area contributed by atoms with Crippen molar-refractivity contribution in [3.05, 3.63) is 48.2 Å². The molecule has 0 spiro atoms. The molecule has 41 heavy (non-hydrogen) atoms. The third kappa shape index (κ3) is 8.77. The highest BCUT2D eigenvalue weighted by atomic mass is 16.6. The molecule has 2 aromatic rings. The third-order valence-corrected chi connectivity index (χ3v) is 7.84. The highest BCUT2D eigenvalue weighted by Crippen LogP contribution is 2.41. The zero-order valence-corrected chi connectivity index (χ0v) is 24.1. The van der Waals surface area contributed by atoms with Crippen LogP contribution in [0.3, 0.4) is 0 Å². The van der Waals surface area contributed by atoms with Crippen LogP contribution in [0, 0.1) is 5.41 Å². The minimum Gasteiger partial charge on any atom is -0.477 e. The number of carbonyl (C=O) groups excluding carboxylic acids is 2. The van der Waals surface area contributed by atoms with Crippen LogP contribution in [0.25, 0.3) is 0 Å². The van der Waals surface area contributed by atoms with E-state index in [0.29, 0.717) is 38.1 Å². The minimum atomic E-state index is -1.40. The smallest absolute Gasteiger partial charge is 0.407 e. The van der Waals surface area contributed by atoms with Gasteiger partial charge in [-0.15, -0.1) is 0 Å². The van der Waals surface area contributed by atoms with Gasteiger partial charge in [-0.3, -0.25) is 4.79 Å². The normalized spacial score (nSPS) is 18.4. The fraction of sp³-hybridized carbons (Fsp3) is 0.600. The van der Waals surface area contributed by atoms with E-state index in [1.807, 2.05) is 44.2 Å². The van der Waals surface area contributed by atoms with Gasteiger partial charge in [-0.2, -0.15) is 4.98 Å². The number of rotatable bonds is 14. The van der Waals surface area contributed by atoms with Gasteiger partial charge in [0, 0.05) is 30.8 Å². The van der Waals surface area contributed by atoms with Crippen LogP contribution >= 0.6 is 0 Å². The summed E-state index contributed by atoms with van der Waals surface area (Å²) in [5, 5.41) is 16.4. The van der Waals surface area contributed by atoms with E-state index in [1.165, 1.54) is 0 Å². The standard InChI is InChI=1S/C30H43N5O6/c1-3-4-11-24(26(36)27(37)32-22(2)23-9-6-5-7-10-23)33-29(38)41-21-30(13-8-14-30)20-40-25-12-15-31-28(34-25)35-16-18-39-19-17-35/h5-7,9-10,12,15,22,24,26,36H,3-4,8,11,13-14,16-21H2,1-2H3,(H,32,37)(H,33,38)/t22-,24+,26?/m1/s1. The number of nitrogens with zero attached hydrogens (tertiary/aromatic N) is 3. The lowest BCUT2D eigenvalue weighted by Gasteiger charge is -2.40. The number of aliphatic hydroxyl groups excluding tert-OH is 1. The Bertz CT molecular complexity index is 1110. The molecule has 1 aromatic heterocycles. The number of morpholine rings is 1. The number of nitrogens with one attached hydrogen (secondary N) is 2. The van der Waals surface area contributed by atoms with E-state index in [-0.39, 0.29) is 18.1 Å². The summed E-state index contributed by atoms with van der Waals surface area (Å²) in [4.78, 5) is 36.6. The highest BCUT2D eigenvalue weighted by Gasteiger charge is 2.40. The fourth-order valence-electron chi connectivity index (χ4n) is 5.01. The SMILES string of the molecule is CCCC[C@H](NC(=O)OCC1(COc2ccnc(N3CCOCC3)n2)CCC1)C(O)C(=O)N[C@H](C)c1ccccc1. The van der Waals surface area contributed by atoms with E-state index in [2.05, 4.69) is 25.5 Å². The average molecular weight is 570 g/mol. The number of alkyl carbamates (subject to hydrolysis) is 1. The molecular weight excluding hydrogens is 526 g/mol. The molecule has 2 fully saturated rings. The zero-order chi connectivity index (χ0) is 29.1. The molecular formula is C30H43N5O6. The van der Waals surface area contributed by atoms with Gasteiger partial charge < -0.3 is 34.9 Å². The molecule has 1 aromatic carbocycles. The first kappa shape index (κ1) is 30.5. The highest BCUT2D eigenvalue weighted by molar-refractivity contribution is 5.82. The van der Waals surface area contributed by atoms with Crippen LogP contribution in [0.4, 0.5) is 10.7 Å². The Labute approximate surface area is 242 Å². The van der Waals surface area contributed by atoms with Crippen LogP contribution in [0.1, 0.15) is 64.0 Å². The van der Waals surface area contributed by atoms with Gasteiger partial charge in [-0.05, 0) is 31.7 Å². The van der Waals surface area contributed by atoms with Crippen molar-refractivity contribution in [2.24, 2.45) is 5.41 Å². The maximum atomic E-state index is 12.8. The first-order chi connectivity index (χ1) is 19.9. The van der Waals surface area contributed by atoms with Gasteiger partial charge in [-0.25, -0.2) is 9.78 Å². The van der Waals surface area contributed by atoms with Crippen LogP contribution in [0.2, 0.25) is 0 Å². The summed E-state index contributed by atoms with van der Waals surface area (Å²) in [6, 6.07) is 10.2. The second-order valence-corrected chi connectivity index (χ2v) is 11.0. The first-order valence-corrected chi connectivity index (χ1v) is 14.6. The Balaban J connectivity index is 1.28. The molecule has 11 heteroatoms. The topological polar surface area (TPSA) is 135 Å². The van der Waals surface area contributed by atoms with Crippen molar-refractivity contribution in [2.75, 3.05) is 44.4 Å². The molecule has 1 aliphatic heterocycles. The van der Waals surface area contributed by atoms with Crippen LogP contribution in [0.5, 0.6) is 5.88 Å².